The number of aromatic nitrogens is 1. The average molecular weight is 281 g/mol. The van der Waals surface area contributed by atoms with Crippen LogP contribution < -0.4 is 16.0 Å². The van der Waals surface area contributed by atoms with Gasteiger partial charge in [0.2, 0.25) is 0 Å². The normalized spacial score (nSPS) is 18.2. The number of nitrogens with one attached hydrogen (secondary N) is 1. The van der Waals surface area contributed by atoms with E-state index in [1.54, 1.807) is 6.20 Å². The maximum atomic E-state index is 5.72. The van der Waals surface area contributed by atoms with E-state index < -0.39 is 0 Å². The van der Waals surface area contributed by atoms with Gasteiger partial charge in [-0.15, -0.1) is 0 Å². The smallest absolute Gasteiger partial charge is 0.137 e. The second-order valence-corrected chi connectivity index (χ2v) is 6.12. The molecule has 0 aromatic carbocycles. The molecule has 2 heterocycles. The zero-order valence-electron chi connectivity index (χ0n) is 11.5. The van der Waals surface area contributed by atoms with Crippen molar-refractivity contribution in [2.24, 2.45) is 11.8 Å². The predicted molar refractivity (Wildman–Crippen MR) is 80.1 cm³/mol. The first kappa shape index (κ1) is 14.6. The van der Waals surface area contributed by atoms with E-state index in [0.717, 1.165) is 23.7 Å². The van der Waals surface area contributed by atoms with Crippen LogP contribution in [-0.4, -0.2) is 23.1 Å². The molecule has 0 amide bonds. The SMILES string of the molecule is CCOc1cncc(C(CC2CCSCC2)NN)c1. The summed E-state index contributed by atoms with van der Waals surface area (Å²) in [4.78, 5) is 4.24. The van der Waals surface area contributed by atoms with Crippen LogP contribution in [0.1, 0.15) is 37.8 Å². The van der Waals surface area contributed by atoms with Gasteiger partial charge in [-0.2, -0.15) is 11.8 Å². The number of hydrazine groups is 1. The number of pyridine rings is 1. The monoisotopic (exact) mass is 281 g/mol. The van der Waals surface area contributed by atoms with Crippen molar-refractivity contribution in [3.8, 4) is 5.75 Å². The summed E-state index contributed by atoms with van der Waals surface area (Å²) < 4.78 is 5.50. The van der Waals surface area contributed by atoms with Crippen molar-refractivity contribution in [3.63, 3.8) is 0 Å². The summed E-state index contributed by atoms with van der Waals surface area (Å²) >= 11 is 2.05. The van der Waals surface area contributed by atoms with Gasteiger partial charge in [0.25, 0.3) is 0 Å². The van der Waals surface area contributed by atoms with Crippen molar-refractivity contribution in [2.45, 2.75) is 32.2 Å². The van der Waals surface area contributed by atoms with Gasteiger partial charge in [0.15, 0.2) is 0 Å². The lowest BCUT2D eigenvalue weighted by Gasteiger charge is -2.26. The highest BCUT2D eigenvalue weighted by atomic mass is 32.2. The van der Waals surface area contributed by atoms with Crippen LogP contribution in [0.2, 0.25) is 0 Å². The molecule has 2 rings (SSSR count). The molecular formula is C14H23N3OS. The molecule has 0 radical (unpaired) electrons. The van der Waals surface area contributed by atoms with Crippen LogP contribution in [0.25, 0.3) is 0 Å². The van der Waals surface area contributed by atoms with E-state index in [9.17, 15) is 0 Å². The minimum atomic E-state index is 0.168. The lowest BCUT2D eigenvalue weighted by molar-refractivity contribution is 0.335. The molecule has 1 aliphatic heterocycles. The molecule has 1 aromatic heterocycles. The highest BCUT2D eigenvalue weighted by Gasteiger charge is 2.20. The van der Waals surface area contributed by atoms with Gasteiger partial charge < -0.3 is 4.74 Å². The fourth-order valence-corrected chi connectivity index (χ4v) is 3.69. The summed E-state index contributed by atoms with van der Waals surface area (Å²) in [6.07, 6.45) is 7.29. The van der Waals surface area contributed by atoms with Crippen molar-refractivity contribution in [1.29, 1.82) is 0 Å². The van der Waals surface area contributed by atoms with Crippen LogP contribution in [0.15, 0.2) is 18.5 Å². The molecule has 0 saturated carbocycles. The Bertz CT molecular complexity index is 383. The first-order chi connectivity index (χ1) is 9.33. The Morgan fingerprint density at radius 3 is 2.95 bits per heavy atom. The lowest BCUT2D eigenvalue weighted by Crippen LogP contribution is -2.30. The Labute approximate surface area is 119 Å². The van der Waals surface area contributed by atoms with Gasteiger partial charge >= 0.3 is 0 Å². The number of thioether (sulfide) groups is 1. The lowest BCUT2D eigenvalue weighted by atomic mass is 9.91. The highest BCUT2D eigenvalue weighted by molar-refractivity contribution is 7.99. The molecule has 0 spiro atoms. The Balaban J connectivity index is 2.01. The van der Waals surface area contributed by atoms with Gasteiger partial charge in [0.1, 0.15) is 5.75 Å². The number of hydrogen-bond acceptors (Lipinski definition) is 5. The summed E-state index contributed by atoms with van der Waals surface area (Å²) in [6.45, 7) is 2.64. The second kappa shape index (κ2) is 7.72. The third kappa shape index (κ3) is 4.37. The molecule has 0 bridgehead atoms. The highest BCUT2D eigenvalue weighted by Crippen LogP contribution is 2.31. The molecule has 1 saturated heterocycles. The standard InChI is InChI=1S/C14H23N3OS/c1-2-18-13-8-12(9-16-10-13)14(17-15)7-11-3-5-19-6-4-11/h8-11,14,17H,2-7,15H2,1H3. The van der Waals surface area contributed by atoms with Gasteiger partial charge in [-0.1, -0.05) is 0 Å². The second-order valence-electron chi connectivity index (χ2n) is 4.90. The number of nitrogens with zero attached hydrogens (tertiary/aromatic N) is 1. The molecular weight excluding hydrogens is 258 g/mol. The van der Waals surface area contributed by atoms with E-state index in [4.69, 9.17) is 10.6 Å². The molecule has 3 N–H and O–H groups in total. The molecule has 1 unspecified atom stereocenters. The fraction of sp³-hybridized carbons (Fsp3) is 0.643. The van der Waals surface area contributed by atoms with E-state index in [1.807, 2.05) is 19.2 Å². The Morgan fingerprint density at radius 1 is 1.47 bits per heavy atom. The number of hydrogen-bond donors (Lipinski definition) is 2. The van der Waals surface area contributed by atoms with Crippen molar-refractivity contribution in [3.05, 3.63) is 24.0 Å². The van der Waals surface area contributed by atoms with Crippen molar-refractivity contribution < 1.29 is 4.74 Å². The van der Waals surface area contributed by atoms with Crippen molar-refractivity contribution in [1.82, 2.24) is 10.4 Å². The Morgan fingerprint density at radius 2 is 2.26 bits per heavy atom. The topological polar surface area (TPSA) is 60.2 Å². The minimum Gasteiger partial charge on any atom is -0.492 e. The zero-order chi connectivity index (χ0) is 13.5. The van der Waals surface area contributed by atoms with Gasteiger partial charge in [0, 0.05) is 12.2 Å². The first-order valence-corrected chi connectivity index (χ1v) is 8.10. The van der Waals surface area contributed by atoms with Crippen LogP contribution in [0.3, 0.4) is 0 Å². The summed E-state index contributed by atoms with van der Waals surface area (Å²) in [5, 5.41) is 0. The fourth-order valence-electron chi connectivity index (χ4n) is 2.49. The maximum Gasteiger partial charge on any atom is 0.137 e. The van der Waals surface area contributed by atoms with E-state index in [0.29, 0.717) is 6.61 Å². The zero-order valence-corrected chi connectivity index (χ0v) is 12.3. The molecule has 1 aromatic rings. The summed E-state index contributed by atoms with van der Waals surface area (Å²) in [7, 11) is 0. The molecule has 1 aliphatic rings. The summed E-state index contributed by atoms with van der Waals surface area (Å²) in [5.74, 6) is 9.86. The third-order valence-electron chi connectivity index (χ3n) is 3.56. The van der Waals surface area contributed by atoms with E-state index in [-0.39, 0.29) is 6.04 Å². The third-order valence-corrected chi connectivity index (χ3v) is 4.61. The average Bonchev–Trinajstić information content (AvgIpc) is 2.46. The van der Waals surface area contributed by atoms with Crippen LogP contribution in [0.5, 0.6) is 5.75 Å². The number of nitrogens with two attached hydrogens (primary N) is 1. The van der Waals surface area contributed by atoms with Crippen molar-refractivity contribution in [2.75, 3.05) is 18.1 Å². The summed E-state index contributed by atoms with van der Waals surface area (Å²) in [6, 6.07) is 2.21. The van der Waals surface area contributed by atoms with Crippen LogP contribution in [0, 0.1) is 5.92 Å². The van der Waals surface area contributed by atoms with Crippen LogP contribution in [0.4, 0.5) is 0 Å². The van der Waals surface area contributed by atoms with Crippen LogP contribution >= 0.6 is 11.8 Å². The molecule has 1 fully saturated rings. The quantitative estimate of drug-likeness (QED) is 0.620. The molecule has 0 aliphatic carbocycles. The maximum absolute atomic E-state index is 5.72. The van der Waals surface area contributed by atoms with Gasteiger partial charge in [0.05, 0.1) is 12.8 Å². The molecule has 4 nitrogen and oxygen atoms in total. The number of rotatable bonds is 6. The number of ether oxygens (including phenoxy) is 1. The minimum absolute atomic E-state index is 0.168. The molecule has 106 valence electrons. The molecule has 5 heteroatoms. The largest absolute Gasteiger partial charge is 0.492 e. The van der Waals surface area contributed by atoms with Gasteiger partial charge in [-0.05, 0) is 55.2 Å². The molecule has 1 atom stereocenters. The Hall–Kier alpha value is -0.780. The van der Waals surface area contributed by atoms with E-state index in [2.05, 4.69) is 22.2 Å². The molecule has 19 heavy (non-hydrogen) atoms. The van der Waals surface area contributed by atoms with Gasteiger partial charge in [-0.25, -0.2) is 0 Å². The van der Waals surface area contributed by atoms with E-state index in [1.165, 1.54) is 24.3 Å². The van der Waals surface area contributed by atoms with Gasteiger partial charge in [-0.3, -0.25) is 16.3 Å². The first-order valence-electron chi connectivity index (χ1n) is 6.95. The Kier molecular flexibility index (Phi) is 5.94. The van der Waals surface area contributed by atoms with Crippen LogP contribution in [-0.2, 0) is 0 Å². The summed E-state index contributed by atoms with van der Waals surface area (Å²) in [5.41, 5.74) is 4.05. The van der Waals surface area contributed by atoms with E-state index >= 15 is 0 Å². The van der Waals surface area contributed by atoms with Crippen molar-refractivity contribution >= 4 is 11.8 Å². The predicted octanol–water partition coefficient (Wildman–Crippen LogP) is 2.52.